The van der Waals surface area contributed by atoms with E-state index < -0.39 is 53.4 Å². The molecule has 1 aliphatic carbocycles. The molecule has 3 aromatic rings. The molecule has 2 heterocycles. The number of hydrogen-bond acceptors (Lipinski definition) is 10. The highest BCUT2D eigenvalue weighted by atomic mass is 32.2. The summed E-state index contributed by atoms with van der Waals surface area (Å²) >= 11 is 0. The van der Waals surface area contributed by atoms with Crippen LogP contribution in [-0.4, -0.2) is 110 Å². The van der Waals surface area contributed by atoms with Gasteiger partial charge in [-0.1, -0.05) is 24.3 Å². The molecule has 0 radical (unpaired) electrons. The molecule has 0 amide bonds. The van der Waals surface area contributed by atoms with E-state index in [0.29, 0.717) is 50.5 Å². The maximum absolute atomic E-state index is 13.8. The van der Waals surface area contributed by atoms with Crippen LogP contribution in [0.1, 0.15) is 62.5 Å². The fourth-order valence-corrected chi connectivity index (χ4v) is 10.8. The molecule has 2 aliphatic heterocycles. The fourth-order valence-electron chi connectivity index (χ4n) is 7.53. The first kappa shape index (κ1) is 47.0. The van der Waals surface area contributed by atoms with Crippen LogP contribution in [0, 0.1) is 23.3 Å². The SMILES string of the molecule is CS(=O)(=O)c1cccc(S(=O)(=O)NC[C@@H]2CCCN2CC[C@H](N)Cc2ccccc2F)c1.N[C@@H](CCN1CCC[C@H]1CNS(=O)(=O)C1CC1)Cc1cc(F)c(F)cc1F. The predicted octanol–water partition coefficient (Wildman–Crippen LogP) is 3.84. The van der Waals surface area contributed by atoms with Crippen molar-refractivity contribution in [3.8, 4) is 0 Å². The molecule has 0 unspecified atom stereocenters. The number of nitrogens with zero attached hydrogens (tertiary/aromatic N) is 2. The fraction of sp³-hybridized carbons (Fsp3) is 0.550. The first-order chi connectivity index (χ1) is 27.8. The number of nitrogens with two attached hydrogens (primary N) is 2. The topological polar surface area (TPSA) is 185 Å². The predicted molar refractivity (Wildman–Crippen MR) is 219 cm³/mol. The average molecular weight is 889 g/mol. The van der Waals surface area contributed by atoms with Gasteiger partial charge in [0, 0.05) is 49.6 Å². The molecule has 4 atom stereocenters. The van der Waals surface area contributed by atoms with Gasteiger partial charge in [-0.2, -0.15) is 0 Å². The molecule has 3 aromatic carbocycles. The molecule has 3 aliphatic rings. The smallest absolute Gasteiger partial charge is 0.240 e. The summed E-state index contributed by atoms with van der Waals surface area (Å²) in [7, 11) is -10.5. The van der Waals surface area contributed by atoms with E-state index in [-0.39, 0.29) is 57.5 Å². The van der Waals surface area contributed by atoms with Gasteiger partial charge in [-0.25, -0.2) is 52.3 Å². The van der Waals surface area contributed by atoms with Crippen molar-refractivity contribution in [2.75, 3.05) is 45.5 Å². The zero-order valence-corrected chi connectivity index (χ0v) is 35.7. The van der Waals surface area contributed by atoms with Gasteiger partial charge >= 0.3 is 0 Å². The second-order valence-electron chi connectivity index (χ2n) is 15.8. The third-order valence-electron chi connectivity index (χ3n) is 11.1. The van der Waals surface area contributed by atoms with E-state index in [1.54, 1.807) is 18.2 Å². The Morgan fingerprint density at radius 1 is 0.644 bits per heavy atom. The van der Waals surface area contributed by atoms with Crippen LogP contribution in [0.5, 0.6) is 0 Å². The van der Waals surface area contributed by atoms with Crippen LogP contribution < -0.4 is 20.9 Å². The van der Waals surface area contributed by atoms with E-state index in [9.17, 15) is 42.8 Å². The molecular formula is C40H56F4N6O6S3. The van der Waals surface area contributed by atoms with E-state index in [1.807, 2.05) is 0 Å². The summed E-state index contributed by atoms with van der Waals surface area (Å²) < 4.78 is 132. The number of benzene rings is 3. The van der Waals surface area contributed by atoms with Gasteiger partial charge in [0.2, 0.25) is 20.0 Å². The normalized spacial score (nSPS) is 20.3. The van der Waals surface area contributed by atoms with Gasteiger partial charge in [0.25, 0.3) is 0 Å². The van der Waals surface area contributed by atoms with Crippen molar-refractivity contribution < 1.29 is 42.8 Å². The molecule has 19 heteroatoms. The zero-order chi connectivity index (χ0) is 43.0. The monoisotopic (exact) mass is 888 g/mol. The lowest BCUT2D eigenvalue weighted by molar-refractivity contribution is 0.244. The van der Waals surface area contributed by atoms with Crippen molar-refractivity contribution in [3.63, 3.8) is 0 Å². The van der Waals surface area contributed by atoms with Gasteiger partial charge in [0.15, 0.2) is 21.5 Å². The summed E-state index contributed by atoms with van der Waals surface area (Å²) in [6, 6.07) is 12.9. The molecule has 0 aromatic heterocycles. The minimum absolute atomic E-state index is 0.0310. The van der Waals surface area contributed by atoms with E-state index in [2.05, 4.69) is 19.2 Å². The first-order valence-corrected chi connectivity index (χ1v) is 24.9. The third-order valence-corrected chi connectivity index (χ3v) is 15.6. The van der Waals surface area contributed by atoms with Crippen LogP contribution in [0.25, 0.3) is 0 Å². The summed E-state index contributed by atoms with van der Waals surface area (Å²) in [6.07, 6.45) is 8.04. The van der Waals surface area contributed by atoms with Gasteiger partial charge < -0.3 is 11.5 Å². The maximum Gasteiger partial charge on any atom is 0.240 e. The second kappa shape index (κ2) is 20.7. The van der Waals surface area contributed by atoms with Crippen LogP contribution in [0.15, 0.2) is 70.5 Å². The van der Waals surface area contributed by atoms with Gasteiger partial charge in [-0.15, -0.1) is 0 Å². The molecule has 6 N–H and O–H groups in total. The number of halogens is 4. The Bertz CT molecular complexity index is 2220. The number of hydrogen-bond donors (Lipinski definition) is 4. The molecule has 0 bridgehead atoms. The molecular weight excluding hydrogens is 833 g/mol. The van der Waals surface area contributed by atoms with Crippen molar-refractivity contribution in [1.29, 1.82) is 0 Å². The molecule has 59 heavy (non-hydrogen) atoms. The number of rotatable bonds is 19. The second-order valence-corrected chi connectivity index (χ2v) is 21.6. The van der Waals surface area contributed by atoms with E-state index in [0.717, 1.165) is 63.9 Å². The molecule has 6 rings (SSSR count). The Kier molecular flexibility index (Phi) is 16.5. The van der Waals surface area contributed by atoms with Crippen molar-refractivity contribution in [1.82, 2.24) is 19.2 Å². The van der Waals surface area contributed by atoms with Crippen LogP contribution in [0.4, 0.5) is 17.6 Å². The Hall–Kier alpha value is -3.01. The highest BCUT2D eigenvalue weighted by molar-refractivity contribution is 7.91. The zero-order valence-electron chi connectivity index (χ0n) is 33.2. The number of likely N-dealkylation sites (tertiary alicyclic amines) is 2. The maximum atomic E-state index is 13.8. The van der Waals surface area contributed by atoms with Gasteiger partial charge in [0.05, 0.1) is 15.0 Å². The molecule has 1 saturated carbocycles. The third kappa shape index (κ3) is 14.0. The van der Waals surface area contributed by atoms with E-state index in [4.69, 9.17) is 11.5 Å². The Balaban J connectivity index is 0.000000227. The lowest BCUT2D eigenvalue weighted by Crippen LogP contribution is -2.42. The Labute approximate surface area is 346 Å². The van der Waals surface area contributed by atoms with Crippen LogP contribution in [-0.2, 0) is 42.7 Å². The van der Waals surface area contributed by atoms with Crippen LogP contribution in [0.3, 0.4) is 0 Å². The molecule has 3 fully saturated rings. The van der Waals surface area contributed by atoms with E-state index >= 15 is 0 Å². The van der Waals surface area contributed by atoms with Crippen molar-refractivity contribution in [2.45, 2.75) is 103 Å². The van der Waals surface area contributed by atoms with Crippen molar-refractivity contribution >= 4 is 29.9 Å². The molecule has 0 spiro atoms. The lowest BCUT2D eigenvalue weighted by atomic mass is 10.0. The molecule has 328 valence electrons. The lowest BCUT2D eigenvalue weighted by Gasteiger charge is -2.26. The first-order valence-electron chi connectivity index (χ1n) is 20.0. The van der Waals surface area contributed by atoms with Crippen molar-refractivity contribution in [2.24, 2.45) is 11.5 Å². The number of sulfonamides is 2. The Morgan fingerprint density at radius 2 is 1.19 bits per heavy atom. The largest absolute Gasteiger partial charge is 0.327 e. The summed E-state index contributed by atoms with van der Waals surface area (Å²) in [5.74, 6) is -3.34. The minimum atomic E-state index is -3.84. The van der Waals surface area contributed by atoms with Crippen LogP contribution >= 0.6 is 0 Å². The van der Waals surface area contributed by atoms with Gasteiger partial charge in [-0.3, -0.25) is 9.80 Å². The quantitative estimate of drug-likeness (QED) is 0.102. The highest BCUT2D eigenvalue weighted by Gasteiger charge is 2.36. The summed E-state index contributed by atoms with van der Waals surface area (Å²) in [5, 5.41) is -0.230. The number of nitrogens with one attached hydrogen (secondary N) is 2. The summed E-state index contributed by atoms with van der Waals surface area (Å²) in [5.41, 5.74) is 12.9. The summed E-state index contributed by atoms with van der Waals surface area (Å²) in [6.45, 7) is 3.69. The molecule has 2 saturated heterocycles. The van der Waals surface area contributed by atoms with Gasteiger partial charge in [0.1, 0.15) is 11.6 Å². The molecule has 12 nitrogen and oxygen atoms in total. The van der Waals surface area contributed by atoms with E-state index in [1.165, 1.54) is 30.3 Å². The standard InChI is InChI=1S/C22H30FN3O4S2.C18H26F3N3O2S/c1-31(27,28)20-8-4-9-21(15-20)32(29,30)25-16-19-7-5-12-26(19)13-11-18(24)14-17-6-2-3-10-22(17)23;19-16-10-18(21)17(20)9-12(16)8-13(22)5-7-24-6-1-2-14(24)11-23-27(25,26)15-3-4-15/h2-4,6,8-10,15,18-19,25H,5,7,11-14,16,24H2,1H3;9-10,13-15,23H,1-8,11,22H2/t18-,19-;13-,14-/m00/s1. The van der Waals surface area contributed by atoms with Crippen molar-refractivity contribution in [3.05, 3.63) is 95.1 Å². The average Bonchev–Trinajstić information content (AvgIpc) is 3.80. The number of sulfone groups is 1. The highest BCUT2D eigenvalue weighted by Crippen LogP contribution is 2.28. The Morgan fingerprint density at radius 3 is 1.76 bits per heavy atom. The minimum Gasteiger partial charge on any atom is -0.327 e. The summed E-state index contributed by atoms with van der Waals surface area (Å²) in [4.78, 5) is 4.29. The van der Waals surface area contributed by atoms with Gasteiger partial charge in [-0.05, 0) is 132 Å². The van der Waals surface area contributed by atoms with Crippen LogP contribution in [0.2, 0.25) is 0 Å².